The topological polar surface area (TPSA) is 56.7 Å². The third-order valence-corrected chi connectivity index (χ3v) is 5.46. The summed E-state index contributed by atoms with van der Waals surface area (Å²) in [5.41, 5.74) is 1.52. The van der Waals surface area contributed by atoms with Crippen molar-refractivity contribution in [2.75, 3.05) is 20.1 Å². The third kappa shape index (κ3) is 4.54. The Morgan fingerprint density at radius 3 is 2.77 bits per heavy atom. The number of carbonyl (C=O) groups excluding carboxylic acids is 1. The fourth-order valence-corrected chi connectivity index (χ4v) is 3.83. The lowest BCUT2D eigenvalue weighted by Crippen LogP contribution is -2.45. The summed E-state index contributed by atoms with van der Waals surface area (Å²) in [5.74, 6) is 1.06. The Balaban J connectivity index is 1.47. The van der Waals surface area contributed by atoms with Crippen molar-refractivity contribution in [3.8, 4) is 0 Å². The first-order valence-corrected chi connectivity index (χ1v) is 9.58. The van der Waals surface area contributed by atoms with Gasteiger partial charge in [-0.25, -0.2) is 4.39 Å². The maximum atomic E-state index is 13.6. The van der Waals surface area contributed by atoms with E-state index >= 15 is 0 Å². The highest BCUT2D eigenvalue weighted by molar-refractivity contribution is 5.81. The summed E-state index contributed by atoms with van der Waals surface area (Å²) < 4.78 is 13.6. The zero-order valence-electron chi connectivity index (χ0n) is 15.7. The third-order valence-electron chi connectivity index (χ3n) is 5.46. The number of halogens is 1. The number of likely N-dealkylation sites (tertiary alicyclic amines) is 1. The van der Waals surface area contributed by atoms with Crippen LogP contribution in [-0.4, -0.2) is 42.9 Å². The van der Waals surface area contributed by atoms with E-state index in [2.05, 4.69) is 15.6 Å². The van der Waals surface area contributed by atoms with Crippen molar-refractivity contribution >= 4 is 11.9 Å². The van der Waals surface area contributed by atoms with Crippen molar-refractivity contribution in [1.29, 1.82) is 0 Å². The van der Waals surface area contributed by atoms with Crippen LogP contribution in [-0.2, 0) is 11.3 Å². The van der Waals surface area contributed by atoms with Crippen LogP contribution >= 0.6 is 0 Å². The Kier molecular flexibility index (Phi) is 6.12. The quantitative estimate of drug-likeness (QED) is 0.641. The number of carbonyl (C=O) groups is 1. The number of guanidine groups is 1. The number of amides is 1. The van der Waals surface area contributed by atoms with E-state index in [4.69, 9.17) is 0 Å². The lowest BCUT2D eigenvalue weighted by Gasteiger charge is -2.21. The summed E-state index contributed by atoms with van der Waals surface area (Å²) >= 11 is 0. The predicted octanol–water partition coefficient (Wildman–Crippen LogP) is 2.59. The molecule has 1 saturated carbocycles. The monoisotopic (exact) mass is 360 g/mol. The van der Waals surface area contributed by atoms with Crippen molar-refractivity contribution < 1.29 is 9.18 Å². The van der Waals surface area contributed by atoms with E-state index in [-0.39, 0.29) is 17.8 Å². The summed E-state index contributed by atoms with van der Waals surface area (Å²) in [5, 5.41) is 6.62. The molecule has 1 aliphatic heterocycles. The zero-order valence-corrected chi connectivity index (χ0v) is 15.7. The summed E-state index contributed by atoms with van der Waals surface area (Å²) in [6.07, 6.45) is 5.38. The van der Waals surface area contributed by atoms with E-state index in [1.165, 1.54) is 12.8 Å². The highest BCUT2D eigenvalue weighted by atomic mass is 19.1. The first-order chi connectivity index (χ1) is 12.6. The largest absolute Gasteiger partial charge is 0.352 e. The number of nitrogens with zero attached hydrogens (tertiary/aromatic N) is 2. The summed E-state index contributed by atoms with van der Waals surface area (Å²) in [7, 11) is 1.72. The Morgan fingerprint density at radius 2 is 2.08 bits per heavy atom. The number of hydrogen-bond donors (Lipinski definition) is 2. The molecule has 1 aromatic carbocycles. The maximum absolute atomic E-state index is 13.6. The first-order valence-electron chi connectivity index (χ1n) is 9.58. The van der Waals surface area contributed by atoms with Crippen LogP contribution in [0.2, 0.25) is 0 Å². The Bertz CT molecular complexity index is 670. The molecule has 1 saturated heterocycles. The molecule has 2 N–H and O–H groups in total. The van der Waals surface area contributed by atoms with E-state index in [1.54, 1.807) is 26.1 Å². The van der Waals surface area contributed by atoms with Crippen molar-refractivity contribution in [1.82, 2.24) is 15.5 Å². The molecule has 1 aliphatic carbocycles. The molecular weight excluding hydrogens is 331 g/mol. The van der Waals surface area contributed by atoms with E-state index in [0.717, 1.165) is 37.9 Å². The molecule has 1 aromatic rings. The van der Waals surface area contributed by atoms with Crippen LogP contribution < -0.4 is 10.6 Å². The minimum absolute atomic E-state index is 0.191. The number of benzene rings is 1. The smallest absolute Gasteiger partial charge is 0.225 e. The molecule has 0 radical (unpaired) electrons. The van der Waals surface area contributed by atoms with Crippen molar-refractivity contribution in [2.24, 2.45) is 10.9 Å². The maximum Gasteiger partial charge on any atom is 0.225 e. The normalized spacial score (nSPS) is 21.3. The molecule has 1 unspecified atom stereocenters. The Hall–Kier alpha value is -2.11. The minimum atomic E-state index is -0.191. The number of aryl methyl sites for hydroxylation is 1. The van der Waals surface area contributed by atoms with Crippen molar-refractivity contribution in [3.63, 3.8) is 0 Å². The predicted molar refractivity (Wildman–Crippen MR) is 101 cm³/mol. The summed E-state index contributed by atoms with van der Waals surface area (Å²) in [6.45, 7) is 3.81. The fraction of sp³-hybridized carbons (Fsp3) is 0.600. The van der Waals surface area contributed by atoms with Gasteiger partial charge in [-0.2, -0.15) is 0 Å². The second-order valence-corrected chi connectivity index (χ2v) is 7.40. The minimum Gasteiger partial charge on any atom is -0.352 e. The van der Waals surface area contributed by atoms with Gasteiger partial charge in [-0.05, 0) is 43.4 Å². The van der Waals surface area contributed by atoms with Crippen LogP contribution in [0, 0.1) is 18.7 Å². The second-order valence-electron chi connectivity index (χ2n) is 7.40. The van der Waals surface area contributed by atoms with E-state index < -0.39 is 0 Å². The molecule has 5 nitrogen and oxygen atoms in total. The van der Waals surface area contributed by atoms with Gasteiger partial charge in [0.1, 0.15) is 5.82 Å². The average Bonchev–Trinajstić information content (AvgIpc) is 3.33. The van der Waals surface area contributed by atoms with Gasteiger partial charge < -0.3 is 15.5 Å². The van der Waals surface area contributed by atoms with E-state index in [9.17, 15) is 9.18 Å². The number of aliphatic imine (C=N–C) groups is 1. The molecule has 1 amide bonds. The molecule has 3 rings (SSSR count). The van der Waals surface area contributed by atoms with Crippen LogP contribution in [0.15, 0.2) is 23.2 Å². The first kappa shape index (κ1) is 18.7. The molecule has 1 heterocycles. The Labute approximate surface area is 155 Å². The molecule has 0 aromatic heterocycles. The van der Waals surface area contributed by atoms with Gasteiger partial charge in [0.15, 0.2) is 5.96 Å². The molecule has 2 aliphatic rings. The van der Waals surface area contributed by atoms with Crippen LogP contribution in [0.25, 0.3) is 0 Å². The van der Waals surface area contributed by atoms with Gasteiger partial charge in [0, 0.05) is 38.6 Å². The number of nitrogens with one attached hydrogen (secondary N) is 2. The average molecular weight is 360 g/mol. The molecule has 1 atom stereocenters. The highest BCUT2D eigenvalue weighted by Gasteiger charge is 2.32. The summed E-state index contributed by atoms with van der Waals surface area (Å²) in [4.78, 5) is 18.8. The van der Waals surface area contributed by atoms with Gasteiger partial charge in [-0.1, -0.05) is 25.0 Å². The fourth-order valence-electron chi connectivity index (χ4n) is 3.83. The van der Waals surface area contributed by atoms with Crippen molar-refractivity contribution in [2.45, 2.75) is 51.6 Å². The Morgan fingerprint density at radius 1 is 1.31 bits per heavy atom. The molecule has 26 heavy (non-hydrogen) atoms. The molecule has 2 fully saturated rings. The molecule has 0 bridgehead atoms. The molecule has 0 spiro atoms. The summed E-state index contributed by atoms with van der Waals surface area (Å²) in [6, 6.07) is 5.46. The SMILES string of the molecule is CN=C(NCc1ccc(C)c(F)c1)NC1CCN(C(=O)C2CCCC2)C1. The van der Waals surface area contributed by atoms with Gasteiger partial charge in [-0.3, -0.25) is 9.79 Å². The lowest BCUT2D eigenvalue weighted by molar-refractivity contribution is -0.134. The van der Waals surface area contributed by atoms with Crippen LogP contribution in [0.1, 0.15) is 43.2 Å². The van der Waals surface area contributed by atoms with Gasteiger partial charge >= 0.3 is 0 Å². The lowest BCUT2D eigenvalue weighted by atomic mass is 10.1. The van der Waals surface area contributed by atoms with Crippen LogP contribution in [0.4, 0.5) is 4.39 Å². The van der Waals surface area contributed by atoms with Gasteiger partial charge in [0.2, 0.25) is 5.91 Å². The molecule has 6 heteroatoms. The van der Waals surface area contributed by atoms with E-state index in [1.807, 2.05) is 11.0 Å². The highest BCUT2D eigenvalue weighted by Crippen LogP contribution is 2.27. The van der Waals surface area contributed by atoms with Gasteiger partial charge in [-0.15, -0.1) is 0 Å². The van der Waals surface area contributed by atoms with E-state index in [0.29, 0.717) is 24.0 Å². The van der Waals surface area contributed by atoms with Crippen LogP contribution in [0.5, 0.6) is 0 Å². The standard InChI is InChI=1S/C20H29FN4O/c1-14-7-8-15(11-18(14)21)12-23-20(22-2)24-17-9-10-25(13-17)19(26)16-5-3-4-6-16/h7-8,11,16-17H,3-6,9-10,12-13H2,1-2H3,(H2,22,23,24). The molecule has 142 valence electrons. The molecular formula is C20H29FN4O. The van der Waals surface area contributed by atoms with Crippen LogP contribution in [0.3, 0.4) is 0 Å². The zero-order chi connectivity index (χ0) is 18.5. The second kappa shape index (κ2) is 8.52. The number of hydrogen-bond acceptors (Lipinski definition) is 2. The number of rotatable bonds is 4. The van der Waals surface area contributed by atoms with Gasteiger partial charge in [0.05, 0.1) is 0 Å². The van der Waals surface area contributed by atoms with Gasteiger partial charge in [0.25, 0.3) is 0 Å². The van der Waals surface area contributed by atoms with Crippen molar-refractivity contribution in [3.05, 3.63) is 35.1 Å².